The van der Waals surface area contributed by atoms with Crippen LogP contribution in [-0.2, 0) is 10.2 Å². The largest absolute Gasteiger partial charge is 0.439 e. The van der Waals surface area contributed by atoms with E-state index in [2.05, 4.69) is 10.1 Å². The van der Waals surface area contributed by atoms with Crippen molar-refractivity contribution in [3.05, 3.63) is 5.82 Å². The van der Waals surface area contributed by atoms with Crippen molar-refractivity contribution in [3.8, 4) is 6.08 Å². The second-order valence-electron chi connectivity index (χ2n) is 6.64. The fraction of sp³-hybridized carbons (Fsp3) is 0.786. The minimum Gasteiger partial charge on any atom is -0.439 e. The van der Waals surface area contributed by atoms with Crippen LogP contribution in [0.3, 0.4) is 0 Å². The maximum Gasteiger partial charge on any atom is 0.417 e. The van der Waals surface area contributed by atoms with Gasteiger partial charge in [-0.3, -0.25) is 9.32 Å². The van der Waals surface area contributed by atoms with Gasteiger partial charge >= 0.3 is 12.3 Å². The third kappa shape index (κ3) is 4.59. The molecule has 1 saturated heterocycles. The third-order valence-electron chi connectivity index (χ3n) is 3.63. The third-order valence-corrected chi connectivity index (χ3v) is 3.63. The maximum absolute atomic E-state index is 12.7. The van der Waals surface area contributed by atoms with Gasteiger partial charge in [-0.15, -0.1) is 0 Å². The van der Waals surface area contributed by atoms with E-state index in [0.717, 1.165) is 0 Å². The van der Waals surface area contributed by atoms with Crippen LogP contribution in [0.15, 0.2) is 4.52 Å². The predicted molar refractivity (Wildman–Crippen MR) is 73.9 cm³/mol. The summed E-state index contributed by atoms with van der Waals surface area (Å²) >= 11 is 0. The highest BCUT2D eigenvalue weighted by Crippen LogP contribution is 2.33. The first-order valence-corrected chi connectivity index (χ1v) is 7.39. The van der Waals surface area contributed by atoms with E-state index in [-0.39, 0.29) is 24.5 Å². The van der Waals surface area contributed by atoms with E-state index in [0.29, 0.717) is 18.8 Å². The molecule has 1 aliphatic rings. The number of likely N-dealkylation sites (tertiary alicyclic amines) is 1. The predicted octanol–water partition coefficient (Wildman–Crippen LogP) is 2.55. The lowest BCUT2D eigenvalue weighted by atomic mass is 9.96. The fourth-order valence-electron chi connectivity index (χ4n) is 2.26. The molecule has 2 heterocycles. The lowest BCUT2D eigenvalue weighted by molar-refractivity contribution is -0.188. The first kappa shape index (κ1) is 17.6. The summed E-state index contributed by atoms with van der Waals surface area (Å²) in [4.78, 5) is 17.2. The summed E-state index contributed by atoms with van der Waals surface area (Å²) in [5.41, 5.74) is -0.331. The fourth-order valence-corrected chi connectivity index (χ4v) is 2.26. The monoisotopic (exact) mass is 335 g/mol. The summed E-state index contributed by atoms with van der Waals surface area (Å²) in [5, 5.41) is 3.74. The number of nitrogens with zero attached hydrogens (tertiary/aromatic N) is 3. The molecule has 9 heteroatoms. The normalized spacial score (nSPS) is 19.7. The Morgan fingerprint density at radius 3 is 2.65 bits per heavy atom. The average Bonchev–Trinajstić information content (AvgIpc) is 2.93. The Bertz CT molecular complexity index is 551. The second-order valence-corrected chi connectivity index (χ2v) is 6.64. The zero-order valence-electron chi connectivity index (χ0n) is 13.3. The molecule has 0 saturated carbocycles. The minimum atomic E-state index is -4.28. The van der Waals surface area contributed by atoms with Crippen molar-refractivity contribution in [1.82, 2.24) is 15.0 Å². The van der Waals surface area contributed by atoms with Gasteiger partial charge in [-0.25, -0.2) is 0 Å². The average molecular weight is 335 g/mol. The smallest absolute Gasteiger partial charge is 0.417 e. The van der Waals surface area contributed by atoms with Crippen LogP contribution in [0.5, 0.6) is 6.08 Å². The number of rotatable bonds is 3. The molecule has 1 aromatic heterocycles. The Hall–Kier alpha value is -1.80. The number of halogens is 3. The zero-order chi connectivity index (χ0) is 17.3. The number of hydrogen-bond donors (Lipinski definition) is 0. The quantitative estimate of drug-likeness (QED) is 0.849. The van der Waals surface area contributed by atoms with Crippen molar-refractivity contribution < 1.29 is 27.2 Å². The molecule has 0 bridgehead atoms. The van der Waals surface area contributed by atoms with Gasteiger partial charge in [-0.1, -0.05) is 25.9 Å². The van der Waals surface area contributed by atoms with Gasteiger partial charge in [-0.2, -0.15) is 18.2 Å². The molecule has 0 aromatic carbocycles. The molecule has 2 rings (SSSR count). The first-order chi connectivity index (χ1) is 10.6. The van der Waals surface area contributed by atoms with Crippen LogP contribution in [0.1, 0.15) is 39.4 Å². The van der Waals surface area contributed by atoms with Gasteiger partial charge < -0.3 is 9.64 Å². The van der Waals surface area contributed by atoms with Crippen LogP contribution in [0.4, 0.5) is 13.2 Å². The molecule has 130 valence electrons. The number of aromatic nitrogens is 2. The van der Waals surface area contributed by atoms with Gasteiger partial charge in [0, 0.05) is 18.5 Å². The summed E-state index contributed by atoms with van der Waals surface area (Å²) in [6.07, 6.45) is -4.07. The van der Waals surface area contributed by atoms with Crippen molar-refractivity contribution in [2.45, 2.75) is 45.2 Å². The lowest BCUT2D eigenvalue weighted by Crippen LogP contribution is -2.46. The Labute approximate surface area is 132 Å². The van der Waals surface area contributed by atoms with E-state index >= 15 is 0 Å². The van der Waals surface area contributed by atoms with Crippen LogP contribution >= 0.6 is 0 Å². The van der Waals surface area contributed by atoms with E-state index in [1.165, 1.54) is 4.90 Å². The molecule has 0 aliphatic carbocycles. The number of carbonyl (C=O) groups excluding carboxylic acids is 1. The summed E-state index contributed by atoms with van der Waals surface area (Å²) in [6, 6.07) is 0. The number of alkyl halides is 3. The van der Waals surface area contributed by atoms with Crippen molar-refractivity contribution in [1.29, 1.82) is 0 Å². The second kappa shape index (κ2) is 6.37. The standard InChI is InChI=1S/C14H20F3N3O3/c1-13(2,3)11-18-12(23-19-11)22-8-10(21)20-6-4-5-9(7-20)14(15,16)17/h9H,4-8H2,1-3H3. The summed E-state index contributed by atoms with van der Waals surface area (Å²) in [5.74, 6) is -1.57. The van der Waals surface area contributed by atoms with Gasteiger partial charge in [0.05, 0.1) is 5.92 Å². The minimum absolute atomic E-state index is 0.0484. The van der Waals surface area contributed by atoms with Crippen molar-refractivity contribution in [3.63, 3.8) is 0 Å². The van der Waals surface area contributed by atoms with E-state index in [9.17, 15) is 18.0 Å². The Kier molecular flexibility index (Phi) is 4.86. The number of carbonyl (C=O) groups is 1. The van der Waals surface area contributed by atoms with Crippen molar-refractivity contribution >= 4 is 5.91 Å². The number of amides is 1. The molecular weight excluding hydrogens is 315 g/mol. The van der Waals surface area contributed by atoms with E-state index in [1.54, 1.807) is 0 Å². The summed E-state index contributed by atoms with van der Waals surface area (Å²) in [6.45, 7) is 5.21. The van der Waals surface area contributed by atoms with Crippen LogP contribution in [0, 0.1) is 5.92 Å². The lowest BCUT2D eigenvalue weighted by Gasteiger charge is -2.33. The Balaban J connectivity index is 1.88. The molecular formula is C14H20F3N3O3. The number of ether oxygens (including phenoxy) is 1. The maximum atomic E-state index is 12.7. The molecule has 1 atom stereocenters. The number of piperidine rings is 1. The molecule has 0 radical (unpaired) electrons. The van der Waals surface area contributed by atoms with Crippen molar-refractivity contribution in [2.75, 3.05) is 19.7 Å². The highest BCUT2D eigenvalue weighted by atomic mass is 19.4. The van der Waals surface area contributed by atoms with Crippen LogP contribution in [0.2, 0.25) is 0 Å². The van der Waals surface area contributed by atoms with Crippen molar-refractivity contribution in [2.24, 2.45) is 5.92 Å². The van der Waals surface area contributed by atoms with Gasteiger partial charge in [0.2, 0.25) is 0 Å². The number of hydrogen-bond acceptors (Lipinski definition) is 5. The topological polar surface area (TPSA) is 68.5 Å². The van der Waals surface area contributed by atoms with Gasteiger partial charge in [0.15, 0.2) is 12.4 Å². The molecule has 1 aromatic rings. The van der Waals surface area contributed by atoms with E-state index < -0.39 is 24.6 Å². The van der Waals surface area contributed by atoms with Crippen LogP contribution in [0.25, 0.3) is 0 Å². The van der Waals surface area contributed by atoms with E-state index in [1.807, 2.05) is 20.8 Å². The van der Waals surface area contributed by atoms with Crippen LogP contribution in [-0.4, -0.2) is 46.8 Å². The Morgan fingerprint density at radius 1 is 1.39 bits per heavy atom. The Morgan fingerprint density at radius 2 is 2.09 bits per heavy atom. The zero-order valence-corrected chi connectivity index (χ0v) is 13.3. The molecule has 0 spiro atoms. The van der Waals surface area contributed by atoms with Gasteiger partial charge in [-0.05, 0) is 12.8 Å². The molecule has 1 unspecified atom stereocenters. The molecule has 1 fully saturated rings. The van der Waals surface area contributed by atoms with Gasteiger partial charge in [0.25, 0.3) is 5.91 Å². The van der Waals surface area contributed by atoms with E-state index in [4.69, 9.17) is 9.26 Å². The molecule has 23 heavy (non-hydrogen) atoms. The van der Waals surface area contributed by atoms with Gasteiger partial charge in [0.1, 0.15) is 0 Å². The highest BCUT2D eigenvalue weighted by Gasteiger charge is 2.42. The molecule has 1 aliphatic heterocycles. The molecule has 1 amide bonds. The molecule has 0 N–H and O–H groups in total. The first-order valence-electron chi connectivity index (χ1n) is 7.39. The van der Waals surface area contributed by atoms with Crippen LogP contribution < -0.4 is 4.74 Å². The highest BCUT2D eigenvalue weighted by molar-refractivity contribution is 5.77. The summed E-state index contributed by atoms with van der Waals surface area (Å²) in [7, 11) is 0. The SMILES string of the molecule is CC(C)(C)c1noc(OCC(=O)N2CCCC(C(F)(F)F)C2)n1. The summed E-state index contributed by atoms with van der Waals surface area (Å²) < 4.78 is 48.2. The molecule has 6 nitrogen and oxygen atoms in total.